The molecule has 1 aliphatic rings. The summed E-state index contributed by atoms with van der Waals surface area (Å²) < 4.78 is 10.5. The van der Waals surface area contributed by atoms with Crippen LogP contribution >= 0.6 is 19.4 Å². The zero-order valence-corrected chi connectivity index (χ0v) is 26.8. The summed E-state index contributed by atoms with van der Waals surface area (Å²) in [6.07, 6.45) is 1.99. The summed E-state index contributed by atoms with van der Waals surface area (Å²) in [7, 11) is 14.9. The van der Waals surface area contributed by atoms with Crippen LogP contribution in [0.15, 0.2) is 48.5 Å². The third-order valence-electron chi connectivity index (χ3n) is 6.61. The van der Waals surface area contributed by atoms with Gasteiger partial charge in [-0.1, -0.05) is 0 Å². The number of anilines is 2. The molecule has 0 spiro atoms. The van der Waals surface area contributed by atoms with E-state index in [1.165, 1.54) is 44.8 Å². The van der Waals surface area contributed by atoms with E-state index in [2.05, 4.69) is 79.9 Å². The quantitative estimate of drug-likeness (QED) is 0.262. The van der Waals surface area contributed by atoms with Crippen LogP contribution in [0.5, 0.6) is 5.75 Å². The molecule has 0 radical (unpaired) electrons. The Labute approximate surface area is 238 Å². The fourth-order valence-corrected chi connectivity index (χ4v) is 10.4. The predicted molar refractivity (Wildman–Crippen MR) is 164 cm³/mol. The molecule has 1 saturated heterocycles. The molecule has 1 heterocycles. The second kappa shape index (κ2) is 11.5. The molecule has 204 valence electrons. The van der Waals surface area contributed by atoms with Gasteiger partial charge >= 0.3 is 240 Å². The van der Waals surface area contributed by atoms with Crippen LogP contribution in [-0.4, -0.2) is 27.8 Å². The van der Waals surface area contributed by atoms with E-state index in [0.29, 0.717) is 0 Å². The van der Waals surface area contributed by atoms with Crippen molar-refractivity contribution in [2.24, 2.45) is 0 Å². The molecule has 0 aromatic heterocycles. The van der Waals surface area contributed by atoms with Gasteiger partial charge in [-0.3, -0.25) is 0 Å². The summed E-state index contributed by atoms with van der Waals surface area (Å²) in [5.74, 6) is 0.805. The molecule has 3 nitrogen and oxygen atoms in total. The number of hydrogen-bond acceptors (Lipinski definition) is 3. The van der Waals surface area contributed by atoms with Gasteiger partial charge in [0.15, 0.2) is 0 Å². The standard InChI is InChI=1S/C21H26N2.C11H12O.2ClH.Ru/c1-14-9-16(3)20(17(4)10-14)22-7-8-23(13-22)21-18(5)11-15(2)12-19(21)6;1-4-10-7-5-6-8-11(10)12-9(2)3;;;/h9-12H,7-8H2,1-6H3;4-9H,2-3H3;2*1H;/q;;;;+2/p-2. The van der Waals surface area contributed by atoms with E-state index >= 15 is 0 Å². The van der Waals surface area contributed by atoms with E-state index in [-0.39, 0.29) is 6.10 Å². The van der Waals surface area contributed by atoms with Gasteiger partial charge in [0.1, 0.15) is 0 Å². The molecule has 0 bridgehead atoms. The van der Waals surface area contributed by atoms with Crippen LogP contribution in [0.3, 0.4) is 0 Å². The SMILES string of the molecule is Cc1cc(C)c(N2CCN(c3c(C)cc(C)cc3C)[C]2=[Ru]([Cl])([Cl])=[C]=Cc2ccccc2OC(C)C)c(C)c1. The van der Waals surface area contributed by atoms with Crippen molar-refractivity contribution < 1.29 is 16.6 Å². The number of halogens is 2. The molecule has 0 aliphatic carbocycles. The van der Waals surface area contributed by atoms with Crippen molar-refractivity contribution in [3.63, 3.8) is 0 Å². The van der Waals surface area contributed by atoms with E-state index in [4.69, 9.17) is 24.1 Å². The molecule has 38 heavy (non-hydrogen) atoms. The summed E-state index contributed by atoms with van der Waals surface area (Å²) in [5, 5.41) is 0. The molecule has 0 saturated carbocycles. The van der Waals surface area contributed by atoms with E-state index in [9.17, 15) is 0 Å². The Hall–Kier alpha value is -2.22. The van der Waals surface area contributed by atoms with Crippen molar-refractivity contribution in [2.75, 3.05) is 22.9 Å². The van der Waals surface area contributed by atoms with Gasteiger partial charge in [-0.15, -0.1) is 0 Å². The molecule has 3 aromatic rings. The summed E-state index contributed by atoms with van der Waals surface area (Å²) in [5.41, 5.74) is 10.7. The molecular formula is C32H38Cl2N2ORu. The van der Waals surface area contributed by atoms with Crippen molar-refractivity contribution in [1.29, 1.82) is 0 Å². The van der Waals surface area contributed by atoms with Crippen LogP contribution in [0.2, 0.25) is 0 Å². The average molecular weight is 639 g/mol. The Kier molecular flexibility index (Phi) is 8.70. The molecule has 0 amide bonds. The first-order chi connectivity index (χ1) is 17.9. The van der Waals surface area contributed by atoms with Gasteiger partial charge in [0.2, 0.25) is 0 Å². The molecule has 1 aliphatic heterocycles. The first kappa shape index (κ1) is 28.8. The Morgan fingerprint density at radius 1 is 0.789 bits per heavy atom. The molecule has 4 rings (SSSR count). The predicted octanol–water partition coefficient (Wildman–Crippen LogP) is 8.31. The van der Waals surface area contributed by atoms with Crippen LogP contribution in [0, 0.1) is 41.5 Å². The number of aryl methyl sites for hydroxylation is 6. The third kappa shape index (κ3) is 6.00. The van der Waals surface area contributed by atoms with Gasteiger partial charge in [-0.2, -0.15) is 0 Å². The summed E-state index contributed by atoms with van der Waals surface area (Å²) >= 11 is -3.69. The van der Waals surface area contributed by atoms with Crippen LogP contribution in [0.1, 0.15) is 52.8 Å². The normalized spacial score (nSPS) is 14.2. The number of rotatable bonds is 5. The summed E-state index contributed by atoms with van der Waals surface area (Å²) in [6.45, 7) is 18.6. The molecule has 0 atom stereocenters. The van der Waals surface area contributed by atoms with Gasteiger partial charge in [0.25, 0.3) is 0 Å². The Morgan fingerprint density at radius 2 is 1.24 bits per heavy atom. The third-order valence-corrected chi connectivity index (χ3v) is 11.7. The van der Waals surface area contributed by atoms with Crippen molar-refractivity contribution in [3.8, 4) is 5.75 Å². The second-order valence-corrected chi connectivity index (χ2v) is 19.2. The van der Waals surface area contributed by atoms with Crippen LogP contribution < -0.4 is 14.5 Å². The zero-order chi connectivity index (χ0) is 27.8. The van der Waals surface area contributed by atoms with Crippen LogP contribution in [-0.2, 0) is 11.9 Å². The van der Waals surface area contributed by atoms with Gasteiger partial charge in [0, 0.05) is 0 Å². The fraction of sp³-hybridized carbons (Fsp3) is 0.344. The van der Waals surface area contributed by atoms with Crippen molar-refractivity contribution in [2.45, 2.75) is 61.5 Å². The summed E-state index contributed by atoms with van der Waals surface area (Å²) in [6, 6.07) is 16.9. The number of hydrogen-bond donors (Lipinski definition) is 0. The monoisotopic (exact) mass is 638 g/mol. The number of para-hydroxylation sites is 1. The Balaban J connectivity index is 2.02. The van der Waals surface area contributed by atoms with E-state index < -0.39 is 11.9 Å². The minimum atomic E-state index is -3.69. The Morgan fingerprint density at radius 3 is 1.68 bits per heavy atom. The van der Waals surface area contributed by atoms with Crippen molar-refractivity contribution >= 4 is 45.5 Å². The molecule has 3 aromatic carbocycles. The number of nitrogens with zero attached hydrogens (tertiary/aromatic N) is 2. The van der Waals surface area contributed by atoms with Gasteiger partial charge in [0.05, 0.1) is 0 Å². The fourth-order valence-electron chi connectivity index (χ4n) is 5.49. The van der Waals surface area contributed by atoms with E-state index in [1.807, 2.05) is 44.2 Å². The van der Waals surface area contributed by atoms with E-state index in [1.54, 1.807) is 0 Å². The minimum absolute atomic E-state index is 0.0662. The number of benzene rings is 3. The molecule has 0 N–H and O–H groups in total. The van der Waals surface area contributed by atoms with Crippen molar-refractivity contribution in [3.05, 3.63) is 87.5 Å². The molecule has 6 heteroatoms. The van der Waals surface area contributed by atoms with Gasteiger partial charge in [-0.25, -0.2) is 0 Å². The van der Waals surface area contributed by atoms with Gasteiger partial charge < -0.3 is 0 Å². The van der Waals surface area contributed by atoms with E-state index in [0.717, 1.165) is 28.8 Å². The Bertz CT molecular complexity index is 1420. The van der Waals surface area contributed by atoms with Gasteiger partial charge in [-0.05, 0) is 0 Å². The maximum atomic E-state index is 7.44. The molecule has 0 unspecified atom stereocenters. The van der Waals surface area contributed by atoms with Crippen molar-refractivity contribution in [1.82, 2.24) is 0 Å². The zero-order valence-electron chi connectivity index (χ0n) is 23.6. The maximum absolute atomic E-state index is 7.44. The summed E-state index contributed by atoms with van der Waals surface area (Å²) in [4.78, 5) is 4.71. The first-order valence-corrected chi connectivity index (χ1v) is 19.2. The first-order valence-electron chi connectivity index (χ1n) is 13.0. The van der Waals surface area contributed by atoms with Crippen LogP contribution in [0.4, 0.5) is 11.4 Å². The topological polar surface area (TPSA) is 15.7 Å². The molecular weight excluding hydrogens is 600 g/mol. The van der Waals surface area contributed by atoms with Crippen LogP contribution in [0.25, 0.3) is 6.08 Å². The average Bonchev–Trinajstić information content (AvgIpc) is 3.22. The molecule has 1 fully saturated rings. The second-order valence-electron chi connectivity index (χ2n) is 10.4. The number of ether oxygens (including phenoxy) is 1.